The molecule has 0 aromatic carbocycles. The molecule has 102 valence electrons. The molecule has 0 amide bonds. The lowest BCUT2D eigenvalue weighted by Gasteiger charge is -2.45. The second kappa shape index (κ2) is 5.71. The standard InChI is InChI=1S/C15H31NO/c1-12(2)17-8-7-16-13-9-14(3,4)11-15(5,6)10-13/h12-13,16H,7-11H2,1-6H3. The topological polar surface area (TPSA) is 21.3 Å². The van der Waals surface area contributed by atoms with Crippen LogP contribution in [-0.4, -0.2) is 25.3 Å². The molecule has 1 saturated carbocycles. The van der Waals surface area contributed by atoms with Crippen molar-refractivity contribution in [1.29, 1.82) is 0 Å². The number of ether oxygens (including phenoxy) is 1. The van der Waals surface area contributed by atoms with Crippen molar-refractivity contribution in [3.8, 4) is 0 Å². The highest BCUT2D eigenvalue weighted by atomic mass is 16.5. The average Bonchev–Trinajstić information content (AvgIpc) is 2.06. The van der Waals surface area contributed by atoms with Crippen LogP contribution in [0, 0.1) is 10.8 Å². The van der Waals surface area contributed by atoms with E-state index in [1.54, 1.807) is 0 Å². The molecule has 0 aromatic heterocycles. The van der Waals surface area contributed by atoms with Crippen LogP contribution >= 0.6 is 0 Å². The lowest BCUT2D eigenvalue weighted by atomic mass is 9.63. The van der Waals surface area contributed by atoms with Crippen LogP contribution in [0.2, 0.25) is 0 Å². The lowest BCUT2D eigenvalue weighted by molar-refractivity contribution is 0.0611. The summed E-state index contributed by atoms with van der Waals surface area (Å²) in [6.45, 7) is 15.6. The van der Waals surface area contributed by atoms with Crippen molar-refractivity contribution in [3.63, 3.8) is 0 Å². The fraction of sp³-hybridized carbons (Fsp3) is 1.00. The Labute approximate surface area is 108 Å². The molecule has 0 aliphatic heterocycles. The van der Waals surface area contributed by atoms with Gasteiger partial charge >= 0.3 is 0 Å². The molecule has 1 aliphatic carbocycles. The predicted molar refractivity (Wildman–Crippen MR) is 74.3 cm³/mol. The average molecular weight is 241 g/mol. The fourth-order valence-electron chi connectivity index (χ4n) is 3.55. The van der Waals surface area contributed by atoms with Gasteiger partial charge in [0.1, 0.15) is 0 Å². The summed E-state index contributed by atoms with van der Waals surface area (Å²) in [6, 6.07) is 0.657. The summed E-state index contributed by atoms with van der Waals surface area (Å²) in [6.07, 6.45) is 4.26. The molecule has 1 N–H and O–H groups in total. The Bertz CT molecular complexity index is 217. The van der Waals surface area contributed by atoms with E-state index in [4.69, 9.17) is 4.74 Å². The third kappa shape index (κ3) is 5.87. The van der Waals surface area contributed by atoms with E-state index >= 15 is 0 Å². The van der Waals surface area contributed by atoms with Gasteiger partial charge in [0.15, 0.2) is 0 Å². The van der Waals surface area contributed by atoms with Crippen molar-refractivity contribution in [3.05, 3.63) is 0 Å². The van der Waals surface area contributed by atoms with Crippen LogP contribution in [-0.2, 0) is 4.74 Å². The Balaban J connectivity index is 2.33. The van der Waals surface area contributed by atoms with Crippen LogP contribution in [0.3, 0.4) is 0 Å². The Morgan fingerprint density at radius 2 is 1.65 bits per heavy atom. The van der Waals surface area contributed by atoms with Gasteiger partial charge in [0, 0.05) is 12.6 Å². The summed E-state index contributed by atoms with van der Waals surface area (Å²) in [5.41, 5.74) is 0.941. The molecule has 0 atom stereocenters. The van der Waals surface area contributed by atoms with E-state index in [1.165, 1.54) is 19.3 Å². The summed E-state index contributed by atoms with van der Waals surface area (Å²) in [5, 5.41) is 3.66. The van der Waals surface area contributed by atoms with Crippen LogP contribution in [0.25, 0.3) is 0 Å². The molecule has 17 heavy (non-hydrogen) atoms. The van der Waals surface area contributed by atoms with Gasteiger partial charge in [-0.3, -0.25) is 0 Å². The van der Waals surface area contributed by atoms with E-state index in [2.05, 4.69) is 46.9 Å². The molecule has 0 spiro atoms. The summed E-state index contributed by atoms with van der Waals surface area (Å²) in [4.78, 5) is 0. The number of hydrogen-bond donors (Lipinski definition) is 1. The van der Waals surface area contributed by atoms with Crippen molar-refractivity contribution in [2.24, 2.45) is 10.8 Å². The van der Waals surface area contributed by atoms with Crippen LogP contribution in [0.1, 0.15) is 60.8 Å². The van der Waals surface area contributed by atoms with Gasteiger partial charge in [0.2, 0.25) is 0 Å². The molecule has 0 heterocycles. The Morgan fingerprint density at radius 3 is 2.12 bits per heavy atom. The maximum atomic E-state index is 5.57. The van der Waals surface area contributed by atoms with Crippen molar-refractivity contribution in [2.45, 2.75) is 73.0 Å². The highest BCUT2D eigenvalue weighted by Gasteiger charge is 2.37. The SMILES string of the molecule is CC(C)OCCNC1CC(C)(C)CC(C)(C)C1. The van der Waals surface area contributed by atoms with Crippen LogP contribution in [0.15, 0.2) is 0 Å². The third-order valence-electron chi connectivity index (χ3n) is 3.54. The maximum absolute atomic E-state index is 5.57. The monoisotopic (exact) mass is 241 g/mol. The zero-order valence-electron chi connectivity index (χ0n) is 12.6. The van der Waals surface area contributed by atoms with Gasteiger partial charge in [0.05, 0.1) is 12.7 Å². The zero-order valence-corrected chi connectivity index (χ0v) is 12.6. The smallest absolute Gasteiger partial charge is 0.0594 e. The second-order valence-corrected chi connectivity index (χ2v) is 7.48. The maximum Gasteiger partial charge on any atom is 0.0594 e. The lowest BCUT2D eigenvalue weighted by Crippen LogP contribution is -2.44. The minimum atomic E-state index is 0.344. The quantitative estimate of drug-likeness (QED) is 0.743. The van der Waals surface area contributed by atoms with E-state index < -0.39 is 0 Å². The minimum absolute atomic E-state index is 0.344. The van der Waals surface area contributed by atoms with Crippen molar-refractivity contribution < 1.29 is 4.74 Å². The third-order valence-corrected chi connectivity index (χ3v) is 3.54. The first kappa shape index (κ1) is 15.0. The molecular formula is C15H31NO. The van der Waals surface area contributed by atoms with E-state index in [0.29, 0.717) is 23.0 Å². The Hall–Kier alpha value is -0.0800. The first-order chi connectivity index (χ1) is 7.70. The number of rotatable bonds is 5. The minimum Gasteiger partial charge on any atom is -0.377 e. The largest absolute Gasteiger partial charge is 0.377 e. The summed E-state index contributed by atoms with van der Waals surface area (Å²) >= 11 is 0. The second-order valence-electron chi connectivity index (χ2n) is 7.48. The fourth-order valence-corrected chi connectivity index (χ4v) is 3.55. The molecule has 1 fully saturated rings. The highest BCUT2D eigenvalue weighted by Crippen LogP contribution is 2.45. The molecular weight excluding hydrogens is 210 g/mol. The van der Waals surface area contributed by atoms with E-state index in [9.17, 15) is 0 Å². The highest BCUT2D eigenvalue weighted by molar-refractivity contribution is 4.92. The molecule has 0 saturated heterocycles. The summed E-state index contributed by atoms with van der Waals surface area (Å²) < 4.78 is 5.57. The number of nitrogens with one attached hydrogen (secondary N) is 1. The van der Waals surface area contributed by atoms with Gasteiger partial charge in [0.25, 0.3) is 0 Å². The molecule has 0 bridgehead atoms. The van der Waals surface area contributed by atoms with Gasteiger partial charge in [-0.15, -0.1) is 0 Å². The summed E-state index contributed by atoms with van der Waals surface area (Å²) in [7, 11) is 0. The Morgan fingerprint density at radius 1 is 1.12 bits per heavy atom. The predicted octanol–water partition coefficient (Wildman–Crippen LogP) is 3.61. The van der Waals surface area contributed by atoms with Gasteiger partial charge in [-0.25, -0.2) is 0 Å². The van der Waals surface area contributed by atoms with Crippen molar-refractivity contribution >= 4 is 0 Å². The zero-order chi connectivity index (χ0) is 13.1. The molecule has 2 nitrogen and oxygen atoms in total. The first-order valence-corrected chi connectivity index (χ1v) is 7.05. The van der Waals surface area contributed by atoms with Crippen LogP contribution in [0.5, 0.6) is 0 Å². The van der Waals surface area contributed by atoms with E-state index in [1.807, 2.05) is 0 Å². The Kier molecular flexibility index (Phi) is 5.03. The van der Waals surface area contributed by atoms with E-state index in [0.717, 1.165) is 13.2 Å². The summed E-state index contributed by atoms with van der Waals surface area (Å²) in [5.74, 6) is 0. The molecule has 1 rings (SSSR count). The van der Waals surface area contributed by atoms with E-state index in [-0.39, 0.29) is 0 Å². The van der Waals surface area contributed by atoms with Crippen LogP contribution in [0.4, 0.5) is 0 Å². The molecule has 0 unspecified atom stereocenters. The van der Waals surface area contributed by atoms with Crippen LogP contribution < -0.4 is 5.32 Å². The first-order valence-electron chi connectivity index (χ1n) is 7.05. The molecule has 0 radical (unpaired) electrons. The molecule has 2 heteroatoms. The van der Waals surface area contributed by atoms with Gasteiger partial charge in [-0.05, 0) is 43.9 Å². The normalized spacial score (nSPS) is 24.2. The molecule has 1 aliphatic rings. The van der Waals surface area contributed by atoms with Crippen molar-refractivity contribution in [2.75, 3.05) is 13.2 Å². The number of hydrogen-bond acceptors (Lipinski definition) is 2. The molecule has 0 aromatic rings. The van der Waals surface area contributed by atoms with Gasteiger partial charge in [-0.2, -0.15) is 0 Å². The van der Waals surface area contributed by atoms with Gasteiger partial charge in [-0.1, -0.05) is 27.7 Å². The van der Waals surface area contributed by atoms with Crippen molar-refractivity contribution in [1.82, 2.24) is 5.32 Å². The van der Waals surface area contributed by atoms with Gasteiger partial charge < -0.3 is 10.1 Å².